The lowest BCUT2D eigenvalue weighted by Crippen LogP contribution is -1.97. The third kappa shape index (κ3) is 3.39. The number of benzene rings is 2. The zero-order valence-corrected chi connectivity index (χ0v) is 12.2. The van der Waals surface area contributed by atoms with E-state index in [4.69, 9.17) is 0 Å². The average Bonchev–Trinajstić information content (AvgIpc) is 2.33. The smallest absolute Gasteiger partial charge is 0.126 e. The van der Waals surface area contributed by atoms with Crippen molar-refractivity contribution in [1.29, 1.82) is 0 Å². The fourth-order valence-corrected chi connectivity index (χ4v) is 2.56. The van der Waals surface area contributed by atoms with Gasteiger partial charge in [-0.1, -0.05) is 62.2 Å². The third-order valence-electron chi connectivity index (χ3n) is 2.59. The molecule has 0 N–H and O–H groups in total. The van der Waals surface area contributed by atoms with Crippen molar-refractivity contribution in [1.82, 2.24) is 0 Å². The summed E-state index contributed by atoms with van der Waals surface area (Å²) in [4.78, 5) is 0.132. The van der Waals surface area contributed by atoms with Crippen LogP contribution < -0.4 is 0 Å². The molecule has 88 valence electrons. The summed E-state index contributed by atoms with van der Waals surface area (Å²) in [7, 11) is 0. The molecule has 0 saturated carbocycles. The first-order chi connectivity index (χ1) is 8.16. The molecular weight excluding hydrogens is 347 g/mol. The summed E-state index contributed by atoms with van der Waals surface area (Å²) in [5.74, 6) is -0.144. The summed E-state index contributed by atoms with van der Waals surface area (Å²) >= 11 is 7.00. The Labute approximate surface area is 117 Å². The van der Waals surface area contributed by atoms with Gasteiger partial charge in [0.1, 0.15) is 5.82 Å². The average molecular weight is 358 g/mol. The van der Waals surface area contributed by atoms with Crippen molar-refractivity contribution in [2.45, 2.75) is 11.2 Å². The Balaban J connectivity index is 2.14. The first-order valence-electron chi connectivity index (χ1n) is 5.30. The molecule has 2 rings (SSSR count). The molecule has 0 bridgehead atoms. The molecule has 0 heterocycles. The second-order valence-electron chi connectivity index (χ2n) is 3.81. The maximum atomic E-state index is 13.5. The quantitative estimate of drug-likeness (QED) is 0.656. The van der Waals surface area contributed by atoms with Crippen LogP contribution in [-0.4, -0.2) is 0 Å². The fraction of sp³-hybridized carbons (Fsp3) is 0.143. The van der Waals surface area contributed by atoms with Crippen LogP contribution in [0, 0.1) is 5.82 Å². The zero-order valence-electron chi connectivity index (χ0n) is 9.04. The van der Waals surface area contributed by atoms with Crippen molar-refractivity contribution in [3.63, 3.8) is 0 Å². The van der Waals surface area contributed by atoms with Crippen LogP contribution in [0.25, 0.3) is 0 Å². The zero-order chi connectivity index (χ0) is 12.3. The largest absolute Gasteiger partial charge is 0.207 e. The highest BCUT2D eigenvalue weighted by atomic mass is 79.9. The van der Waals surface area contributed by atoms with E-state index < -0.39 is 0 Å². The van der Waals surface area contributed by atoms with Crippen LogP contribution in [0.1, 0.15) is 16.0 Å². The first-order valence-corrected chi connectivity index (χ1v) is 7.00. The van der Waals surface area contributed by atoms with Crippen molar-refractivity contribution in [2.75, 3.05) is 0 Å². The van der Waals surface area contributed by atoms with E-state index in [-0.39, 0.29) is 10.6 Å². The summed E-state index contributed by atoms with van der Waals surface area (Å²) in [6.07, 6.45) is 0.647. The molecule has 0 saturated heterocycles. The van der Waals surface area contributed by atoms with Crippen LogP contribution in [0.4, 0.5) is 4.39 Å². The predicted molar refractivity (Wildman–Crippen MR) is 75.9 cm³/mol. The normalized spacial score (nSPS) is 12.4. The van der Waals surface area contributed by atoms with Gasteiger partial charge < -0.3 is 0 Å². The van der Waals surface area contributed by atoms with Gasteiger partial charge in [-0.15, -0.1) is 0 Å². The molecule has 0 radical (unpaired) electrons. The SMILES string of the molecule is Fc1ccccc1CC(Br)c1ccc(Br)cc1. The Morgan fingerprint density at radius 1 is 1.00 bits per heavy atom. The standard InChI is InChI=1S/C14H11Br2F/c15-12-7-5-10(6-8-12)13(16)9-11-3-1-2-4-14(11)17/h1-8,13H,9H2. The molecular formula is C14H11Br2F. The Kier molecular flexibility index (Phi) is 4.35. The summed E-state index contributed by atoms with van der Waals surface area (Å²) < 4.78 is 14.5. The van der Waals surface area contributed by atoms with Crippen molar-refractivity contribution >= 4 is 31.9 Å². The monoisotopic (exact) mass is 356 g/mol. The van der Waals surface area contributed by atoms with E-state index in [0.29, 0.717) is 6.42 Å². The lowest BCUT2D eigenvalue weighted by Gasteiger charge is -2.11. The molecule has 0 aliphatic carbocycles. The van der Waals surface area contributed by atoms with Gasteiger partial charge in [-0.2, -0.15) is 0 Å². The van der Waals surface area contributed by atoms with Crippen LogP contribution in [0.3, 0.4) is 0 Å². The number of rotatable bonds is 3. The topological polar surface area (TPSA) is 0 Å². The third-order valence-corrected chi connectivity index (χ3v) is 3.97. The number of alkyl halides is 1. The highest BCUT2D eigenvalue weighted by Crippen LogP contribution is 2.28. The summed E-state index contributed by atoms with van der Waals surface area (Å²) in [6, 6.07) is 14.9. The molecule has 0 aliphatic heterocycles. The van der Waals surface area contributed by atoms with Crippen LogP contribution >= 0.6 is 31.9 Å². The molecule has 0 fully saturated rings. The van der Waals surface area contributed by atoms with Gasteiger partial charge in [-0.05, 0) is 35.7 Å². The van der Waals surface area contributed by atoms with Gasteiger partial charge in [0.15, 0.2) is 0 Å². The number of hydrogen-bond acceptors (Lipinski definition) is 0. The molecule has 1 unspecified atom stereocenters. The van der Waals surface area contributed by atoms with E-state index in [1.807, 2.05) is 36.4 Å². The molecule has 0 aliphatic rings. The van der Waals surface area contributed by atoms with Crippen molar-refractivity contribution in [2.24, 2.45) is 0 Å². The van der Waals surface area contributed by atoms with Crippen LogP contribution in [-0.2, 0) is 6.42 Å². The van der Waals surface area contributed by atoms with Crippen molar-refractivity contribution < 1.29 is 4.39 Å². The highest BCUT2D eigenvalue weighted by Gasteiger charge is 2.10. The lowest BCUT2D eigenvalue weighted by atomic mass is 10.0. The highest BCUT2D eigenvalue weighted by molar-refractivity contribution is 9.10. The molecule has 2 aromatic carbocycles. The minimum absolute atomic E-state index is 0.132. The van der Waals surface area contributed by atoms with Gasteiger partial charge in [-0.25, -0.2) is 4.39 Å². The number of hydrogen-bond donors (Lipinski definition) is 0. The first kappa shape index (κ1) is 12.8. The van der Waals surface area contributed by atoms with Gasteiger partial charge >= 0.3 is 0 Å². The predicted octanol–water partition coefficient (Wildman–Crippen LogP) is 5.27. The summed E-state index contributed by atoms with van der Waals surface area (Å²) in [6.45, 7) is 0. The number of halogens is 3. The van der Waals surface area contributed by atoms with Crippen LogP contribution in [0.5, 0.6) is 0 Å². The Hall–Kier alpha value is -0.670. The molecule has 0 amide bonds. The molecule has 17 heavy (non-hydrogen) atoms. The van der Waals surface area contributed by atoms with E-state index in [0.717, 1.165) is 15.6 Å². The van der Waals surface area contributed by atoms with E-state index in [1.165, 1.54) is 6.07 Å². The van der Waals surface area contributed by atoms with E-state index in [1.54, 1.807) is 6.07 Å². The second kappa shape index (κ2) is 5.78. The Morgan fingerprint density at radius 3 is 2.29 bits per heavy atom. The van der Waals surface area contributed by atoms with Crippen molar-refractivity contribution in [3.8, 4) is 0 Å². The summed E-state index contributed by atoms with van der Waals surface area (Å²) in [5, 5.41) is 0. The van der Waals surface area contributed by atoms with Gasteiger partial charge in [0.2, 0.25) is 0 Å². The molecule has 2 aromatic rings. The molecule has 0 nitrogen and oxygen atoms in total. The maximum Gasteiger partial charge on any atom is 0.126 e. The van der Waals surface area contributed by atoms with Gasteiger partial charge in [0, 0.05) is 9.30 Å². The Bertz CT molecular complexity index is 494. The Morgan fingerprint density at radius 2 is 1.65 bits per heavy atom. The summed E-state index contributed by atoms with van der Waals surface area (Å²) in [5.41, 5.74) is 1.88. The van der Waals surface area contributed by atoms with E-state index in [2.05, 4.69) is 31.9 Å². The molecule has 0 spiro atoms. The van der Waals surface area contributed by atoms with Crippen LogP contribution in [0.2, 0.25) is 0 Å². The van der Waals surface area contributed by atoms with Crippen LogP contribution in [0.15, 0.2) is 53.0 Å². The minimum Gasteiger partial charge on any atom is -0.207 e. The lowest BCUT2D eigenvalue weighted by molar-refractivity contribution is 0.608. The maximum absolute atomic E-state index is 13.5. The second-order valence-corrected chi connectivity index (χ2v) is 5.84. The minimum atomic E-state index is -0.144. The molecule has 1 atom stereocenters. The van der Waals surface area contributed by atoms with E-state index >= 15 is 0 Å². The van der Waals surface area contributed by atoms with Gasteiger partial charge in [0.25, 0.3) is 0 Å². The molecule has 3 heteroatoms. The molecule has 0 aromatic heterocycles. The van der Waals surface area contributed by atoms with Gasteiger partial charge in [-0.3, -0.25) is 0 Å². The fourth-order valence-electron chi connectivity index (χ4n) is 1.65. The van der Waals surface area contributed by atoms with Gasteiger partial charge in [0.05, 0.1) is 0 Å². The van der Waals surface area contributed by atoms with E-state index in [9.17, 15) is 4.39 Å². The van der Waals surface area contributed by atoms with Crippen molar-refractivity contribution in [3.05, 3.63) is 69.9 Å².